The molecule has 0 radical (unpaired) electrons. The van der Waals surface area contributed by atoms with Crippen molar-refractivity contribution in [1.82, 2.24) is 0 Å². The Hall–Kier alpha value is -1.29. The van der Waals surface area contributed by atoms with Crippen LogP contribution in [0.15, 0.2) is 43.8 Å². The first-order chi connectivity index (χ1) is 24.6. The van der Waals surface area contributed by atoms with Crippen molar-refractivity contribution in [2.75, 3.05) is 0 Å². The summed E-state index contributed by atoms with van der Waals surface area (Å²) in [5.41, 5.74) is 0. The van der Waals surface area contributed by atoms with Crippen LogP contribution < -0.4 is 59.1 Å². The van der Waals surface area contributed by atoms with Gasteiger partial charge in [0.2, 0.25) is 9.84 Å². The summed E-state index contributed by atoms with van der Waals surface area (Å²) in [5.74, 6) is -47.4. The summed E-state index contributed by atoms with van der Waals surface area (Å²) in [7, 11) is -39.5. The molecule has 328 valence electrons. The maximum absolute atomic E-state index is 14.7. The Kier molecular flexibility index (Phi) is 15.7. The van der Waals surface area contributed by atoms with Crippen LogP contribution in [-0.4, -0.2) is 95.9 Å². The molecule has 0 spiro atoms. The number of sulfone groups is 3. The topological polar surface area (TPSA) is 217 Å². The molecular weight excluding hydrogens is 1020 g/mol. The Bertz CT molecular complexity index is 2370. The van der Waals surface area contributed by atoms with Gasteiger partial charge in [0.05, 0.1) is 9.79 Å². The van der Waals surface area contributed by atoms with Gasteiger partial charge in [-0.25, -0.2) is 59.7 Å². The van der Waals surface area contributed by atoms with E-state index < -0.39 is 162 Å². The zero-order valence-electron chi connectivity index (χ0n) is 26.8. The maximum atomic E-state index is 14.7. The van der Waals surface area contributed by atoms with Gasteiger partial charge in [-0.3, -0.25) is 0 Å². The van der Waals surface area contributed by atoms with E-state index in [1.807, 2.05) is 0 Å². The molecular formula is C20H4F20Na2O12S5. The predicted octanol–water partition coefficient (Wildman–Crippen LogP) is -1.37. The largest absolute Gasteiger partial charge is 1.00 e. The Balaban J connectivity index is 0.0000168. The fourth-order valence-electron chi connectivity index (χ4n) is 3.67. The third-order valence-electron chi connectivity index (χ3n) is 6.66. The van der Waals surface area contributed by atoms with Crippen molar-refractivity contribution in [1.29, 1.82) is 0 Å². The van der Waals surface area contributed by atoms with Crippen LogP contribution in [-0.2, 0) is 49.7 Å². The van der Waals surface area contributed by atoms with Crippen LogP contribution in [0.4, 0.5) is 87.8 Å². The third kappa shape index (κ3) is 8.11. The molecule has 0 fully saturated rings. The molecule has 59 heavy (non-hydrogen) atoms. The van der Waals surface area contributed by atoms with Gasteiger partial charge in [-0.2, -0.15) is 70.2 Å². The molecule has 0 N–H and O–H groups in total. The molecule has 0 saturated heterocycles. The van der Waals surface area contributed by atoms with Gasteiger partial charge >= 0.3 is 104 Å². The number of benzene rings is 2. The summed E-state index contributed by atoms with van der Waals surface area (Å²) in [5, 5.41) is -31.8. The fraction of sp³-hybridized carbons (Fsp3) is 0.400. The molecule has 39 heteroatoms. The van der Waals surface area contributed by atoms with E-state index in [0.717, 1.165) is 0 Å². The van der Waals surface area contributed by atoms with Gasteiger partial charge in [0.1, 0.15) is 33.1 Å². The van der Waals surface area contributed by atoms with Crippen LogP contribution in [0, 0.1) is 23.3 Å². The van der Waals surface area contributed by atoms with Crippen LogP contribution in [0.3, 0.4) is 0 Å². The molecule has 0 saturated carbocycles. The normalized spacial score (nSPS) is 15.0. The smallest absolute Gasteiger partial charge is 0.743 e. The first-order valence-electron chi connectivity index (χ1n) is 12.2. The quantitative estimate of drug-likeness (QED) is 0.122. The maximum Gasteiger partial charge on any atom is 1.00 e. The third-order valence-corrected chi connectivity index (χ3v) is 13.9. The molecule has 0 bridgehead atoms. The summed E-state index contributed by atoms with van der Waals surface area (Å²) in [6.45, 7) is 0. The first-order valence-corrected chi connectivity index (χ1v) is 19.5. The van der Waals surface area contributed by atoms with Crippen LogP contribution in [0.1, 0.15) is 0 Å². The average molecular weight is 1020 g/mol. The van der Waals surface area contributed by atoms with Crippen LogP contribution in [0.5, 0.6) is 0 Å². The summed E-state index contributed by atoms with van der Waals surface area (Å²) in [6.07, 6.45) is 0. The molecule has 0 amide bonds. The molecule has 0 aromatic heterocycles. The standard InChI is InChI=1S/C20H6F20O12S5.2Na/c21-7-1-5(2-8(22)11(7)54(43,44)17(33,34)13(25,26)15(29,30)19(37,38)56(47,48)49)53(41,42)6-3-9(23)12(10(24)4-6)55(45,46)18(35,36)14(27,28)16(31,32)20(39,40)57(50,51)52;;/h1-4H,(H,47,48,49)(H,50,51,52);;/q;2*+1/p-2. The molecule has 0 atom stereocenters. The van der Waals surface area contributed by atoms with E-state index in [0.29, 0.717) is 0 Å². The van der Waals surface area contributed by atoms with Crippen LogP contribution in [0.25, 0.3) is 0 Å². The van der Waals surface area contributed by atoms with E-state index in [4.69, 9.17) is 0 Å². The van der Waals surface area contributed by atoms with Crippen molar-refractivity contribution in [3.8, 4) is 0 Å². The Morgan fingerprint density at radius 3 is 0.695 bits per heavy atom. The number of hydrogen-bond donors (Lipinski definition) is 0. The summed E-state index contributed by atoms with van der Waals surface area (Å²) in [6, 6.07) is -4.85. The average Bonchev–Trinajstić information content (AvgIpc) is 2.98. The number of halogens is 20. The van der Waals surface area contributed by atoms with Crippen LogP contribution >= 0.6 is 0 Å². The molecule has 0 aliphatic carbocycles. The number of alkyl halides is 16. The zero-order valence-corrected chi connectivity index (χ0v) is 34.9. The number of hydrogen-bond acceptors (Lipinski definition) is 12. The van der Waals surface area contributed by atoms with E-state index in [-0.39, 0.29) is 59.1 Å². The molecule has 2 aromatic rings. The molecule has 2 rings (SSSR count). The molecule has 0 unspecified atom stereocenters. The van der Waals surface area contributed by atoms with Crippen molar-refractivity contribution in [2.45, 2.75) is 64.3 Å². The molecule has 12 nitrogen and oxygen atoms in total. The predicted molar refractivity (Wildman–Crippen MR) is 132 cm³/mol. The van der Waals surface area contributed by atoms with Gasteiger partial charge < -0.3 is 9.11 Å². The van der Waals surface area contributed by atoms with E-state index in [2.05, 4.69) is 0 Å². The van der Waals surface area contributed by atoms with Crippen LogP contribution in [0.2, 0.25) is 0 Å². The molecule has 0 heterocycles. The van der Waals surface area contributed by atoms with E-state index in [9.17, 15) is 139 Å². The minimum Gasteiger partial charge on any atom is -0.743 e. The molecule has 2 aromatic carbocycles. The minimum absolute atomic E-state index is 0. The summed E-state index contributed by atoms with van der Waals surface area (Å²) in [4.78, 5) is -12.4. The Morgan fingerprint density at radius 1 is 0.356 bits per heavy atom. The summed E-state index contributed by atoms with van der Waals surface area (Å²) < 4.78 is 416. The second-order valence-electron chi connectivity index (χ2n) is 10.2. The van der Waals surface area contributed by atoms with Crippen molar-refractivity contribution < 1.29 is 198 Å². The van der Waals surface area contributed by atoms with Gasteiger partial charge in [0.15, 0.2) is 20.2 Å². The molecule has 0 aliphatic heterocycles. The Labute approximate surface area is 357 Å². The fourth-order valence-corrected chi connectivity index (χ4v) is 8.57. The van der Waals surface area contributed by atoms with Gasteiger partial charge in [0, 0.05) is 0 Å². The van der Waals surface area contributed by atoms with Crippen molar-refractivity contribution >= 4 is 49.7 Å². The van der Waals surface area contributed by atoms with E-state index >= 15 is 0 Å². The summed E-state index contributed by atoms with van der Waals surface area (Å²) >= 11 is 0. The van der Waals surface area contributed by atoms with E-state index in [1.165, 1.54) is 0 Å². The van der Waals surface area contributed by atoms with Gasteiger partial charge in [-0.1, -0.05) is 0 Å². The first kappa shape index (κ1) is 57.7. The van der Waals surface area contributed by atoms with Gasteiger partial charge in [-0.05, 0) is 24.3 Å². The minimum atomic E-state index is -8.37. The molecule has 0 aliphatic rings. The van der Waals surface area contributed by atoms with Crippen molar-refractivity contribution in [2.24, 2.45) is 0 Å². The Morgan fingerprint density at radius 2 is 0.525 bits per heavy atom. The number of rotatable bonds is 14. The SMILES string of the molecule is O=S(=O)(c1cc(F)c(S(=O)(=O)C(F)(F)C(F)(F)C(F)(F)C(F)(F)S(=O)(=O)[O-])c(F)c1)c1cc(F)c(S(=O)(=O)C(F)(F)C(F)(F)C(F)(F)C(F)(F)S(=O)(=O)[O-])c(F)c1.[Na+].[Na+]. The second-order valence-corrected chi connectivity index (χ2v) is 18.9. The van der Waals surface area contributed by atoms with Gasteiger partial charge in [-0.15, -0.1) is 0 Å². The second kappa shape index (κ2) is 16.1. The zero-order chi connectivity index (χ0) is 45.9. The van der Waals surface area contributed by atoms with Gasteiger partial charge in [0.25, 0.3) is 19.7 Å². The van der Waals surface area contributed by atoms with E-state index in [1.54, 1.807) is 0 Å². The van der Waals surface area contributed by atoms with Crippen molar-refractivity contribution in [3.63, 3.8) is 0 Å². The monoisotopic (exact) mass is 1020 g/mol. The van der Waals surface area contributed by atoms with Crippen molar-refractivity contribution in [3.05, 3.63) is 47.5 Å².